The van der Waals surface area contributed by atoms with Crippen molar-refractivity contribution in [3.8, 4) is 0 Å². The molecule has 0 spiro atoms. The molecule has 3 heteroatoms. The molecule has 0 radical (unpaired) electrons. The molecule has 1 atom stereocenters. The van der Waals surface area contributed by atoms with Crippen molar-refractivity contribution in [2.75, 3.05) is 14.1 Å². The zero-order chi connectivity index (χ0) is 12.7. The minimum atomic E-state index is 0. The molecule has 0 N–H and O–H groups in total. The van der Waals surface area contributed by atoms with Gasteiger partial charge < -0.3 is 0 Å². The Morgan fingerprint density at radius 3 is 2.22 bits per heavy atom. The summed E-state index contributed by atoms with van der Waals surface area (Å²) < 4.78 is 1.55. The van der Waals surface area contributed by atoms with Crippen LogP contribution in [0.1, 0.15) is 18.5 Å². The third kappa shape index (κ3) is 5.56. The van der Waals surface area contributed by atoms with Crippen LogP contribution in [0.25, 0.3) is 0 Å². The van der Waals surface area contributed by atoms with Crippen molar-refractivity contribution in [2.24, 2.45) is 0 Å². The predicted octanol–water partition coefficient (Wildman–Crippen LogP) is 2.81. The molecule has 0 aliphatic heterocycles. The Kier molecular flexibility index (Phi) is 9.45. The summed E-state index contributed by atoms with van der Waals surface area (Å²) in [5.74, 6) is 2.27. The Bertz CT molecular complexity index is 375. The number of rotatable bonds is 3. The van der Waals surface area contributed by atoms with Crippen molar-refractivity contribution in [1.82, 2.24) is 4.90 Å². The van der Waals surface area contributed by atoms with Gasteiger partial charge in [0.2, 0.25) is 0 Å². The van der Waals surface area contributed by atoms with Crippen LogP contribution in [-0.4, -0.2) is 34.0 Å². The average molecular weight is 350 g/mol. The summed E-state index contributed by atoms with van der Waals surface area (Å²) in [5, 5.41) is 0. The van der Waals surface area contributed by atoms with Crippen molar-refractivity contribution in [3.05, 3.63) is 54.1 Å². The van der Waals surface area contributed by atoms with Crippen LogP contribution in [-0.2, 0) is 17.1 Å². The van der Waals surface area contributed by atoms with Crippen molar-refractivity contribution >= 4 is 19.4 Å². The van der Waals surface area contributed by atoms with Gasteiger partial charge in [0.25, 0.3) is 0 Å². The standard InChI is InChI=1S/C10H16NSe.C5H5.Fe/c1-8(11(2)3)9-6-5-7-10(9)12-4;1-2-4-5-3-1;/h5-8H,1-4H3;1-5H;/q2*-1;+2. The smallest absolute Gasteiger partial charge is 0.214 e. The third-order valence-electron chi connectivity index (χ3n) is 2.81. The van der Waals surface area contributed by atoms with Crippen LogP contribution in [0, 0.1) is 0 Å². The Labute approximate surface area is 128 Å². The summed E-state index contributed by atoms with van der Waals surface area (Å²) in [6.45, 7) is 2.25. The first-order valence-corrected chi connectivity index (χ1v) is 8.36. The first-order valence-electron chi connectivity index (χ1n) is 5.79. The molecule has 0 fully saturated rings. The molecule has 0 heterocycles. The molecule has 0 aromatic heterocycles. The van der Waals surface area contributed by atoms with Crippen LogP contribution in [0.5, 0.6) is 0 Å². The van der Waals surface area contributed by atoms with Gasteiger partial charge in [-0.15, -0.1) is 0 Å². The second-order valence-corrected chi connectivity index (χ2v) is 5.93. The fourth-order valence-corrected chi connectivity index (χ4v) is 2.99. The number of nitrogens with zero attached hydrogens (tertiary/aromatic N) is 1. The van der Waals surface area contributed by atoms with E-state index in [-0.39, 0.29) is 17.1 Å². The van der Waals surface area contributed by atoms with Crippen molar-refractivity contribution < 1.29 is 17.1 Å². The van der Waals surface area contributed by atoms with Crippen LogP contribution in [0.3, 0.4) is 0 Å². The van der Waals surface area contributed by atoms with E-state index >= 15 is 0 Å². The molecule has 0 saturated carbocycles. The zero-order valence-electron chi connectivity index (χ0n) is 11.4. The van der Waals surface area contributed by atoms with Gasteiger partial charge in [0.05, 0.1) is 0 Å². The van der Waals surface area contributed by atoms with Gasteiger partial charge in [-0.1, -0.05) is 0 Å². The Hall–Kier alpha value is -0.301. The molecule has 0 saturated heterocycles. The van der Waals surface area contributed by atoms with E-state index in [1.54, 1.807) is 4.46 Å². The van der Waals surface area contributed by atoms with Crippen LogP contribution in [0.15, 0.2) is 48.5 Å². The summed E-state index contributed by atoms with van der Waals surface area (Å²) in [6, 6.07) is 17.2. The SMILES string of the molecule is C[Se]c1ccc[c-]1C(C)N(C)C.[Fe+2].c1cc[cH-]c1. The molecular weight excluding hydrogens is 329 g/mol. The predicted molar refractivity (Wildman–Crippen MR) is 77.4 cm³/mol. The summed E-state index contributed by atoms with van der Waals surface area (Å²) >= 11 is 0.628. The van der Waals surface area contributed by atoms with Crippen LogP contribution in [0.2, 0.25) is 5.82 Å². The summed E-state index contributed by atoms with van der Waals surface area (Å²) in [5.41, 5.74) is 1.50. The van der Waals surface area contributed by atoms with Crippen LogP contribution >= 0.6 is 0 Å². The molecular formula is C15H21FeNSe. The van der Waals surface area contributed by atoms with Crippen LogP contribution < -0.4 is 4.46 Å². The average Bonchev–Trinajstić information content (AvgIpc) is 3.01. The fraction of sp³-hybridized carbons (Fsp3) is 0.333. The van der Waals surface area contributed by atoms with Gasteiger partial charge in [0, 0.05) is 0 Å². The van der Waals surface area contributed by atoms with Gasteiger partial charge in [0.15, 0.2) is 0 Å². The first-order chi connectivity index (χ1) is 8.16. The van der Waals surface area contributed by atoms with Crippen molar-refractivity contribution in [3.63, 3.8) is 0 Å². The van der Waals surface area contributed by atoms with E-state index in [2.05, 4.69) is 49.9 Å². The fourth-order valence-electron chi connectivity index (χ4n) is 1.55. The Morgan fingerprint density at radius 1 is 1.22 bits per heavy atom. The van der Waals surface area contributed by atoms with E-state index in [1.165, 1.54) is 5.56 Å². The Balaban J connectivity index is 0.000000405. The topological polar surface area (TPSA) is 3.24 Å². The van der Waals surface area contributed by atoms with Gasteiger partial charge in [-0.05, 0) is 0 Å². The van der Waals surface area contributed by atoms with E-state index < -0.39 is 0 Å². The van der Waals surface area contributed by atoms with Gasteiger partial charge in [0.1, 0.15) is 0 Å². The van der Waals surface area contributed by atoms with Crippen molar-refractivity contribution in [2.45, 2.75) is 18.8 Å². The van der Waals surface area contributed by atoms with Crippen molar-refractivity contribution in [1.29, 1.82) is 0 Å². The molecule has 1 nitrogen and oxygen atoms in total. The van der Waals surface area contributed by atoms with Gasteiger partial charge in [-0.2, -0.15) is 18.2 Å². The first kappa shape index (κ1) is 17.7. The molecule has 0 amide bonds. The second kappa shape index (κ2) is 9.61. The minimum Gasteiger partial charge on any atom is -0.214 e. The second-order valence-electron chi connectivity index (χ2n) is 4.15. The summed E-state index contributed by atoms with van der Waals surface area (Å²) in [4.78, 5) is 2.25. The molecule has 0 aliphatic rings. The maximum Gasteiger partial charge on any atom is 2.00 e. The zero-order valence-corrected chi connectivity index (χ0v) is 14.2. The van der Waals surface area contributed by atoms with E-state index in [4.69, 9.17) is 0 Å². The van der Waals surface area contributed by atoms with Crippen LogP contribution in [0.4, 0.5) is 0 Å². The normalized spacial score (nSPS) is 11.4. The van der Waals surface area contributed by atoms with E-state index in [0.717, 1.165) is 0 Å². The van der Waals surface area contributed by atoms with E-state index in [9.17, 15) is 0 Å². The number of hydrogen-bond donors (Lipinski definition) is 0. The molecule has 100 valence electrons. The number of hydrogen-bond acceptors (Lipinski definition) is 1. The minimum absolute atomic E-state index is 0. The molecule has 1 unspecified atom stereocenters. The van der Waals surface area contributed by atoms with Gasteiger partial charge in [-0.3, -0.25) is 0 Å². The molecule has 18 heavy (non-hydrogen) atoms. The largest absolute Gasteiger partial charge is 2.00 e. The maximum absolute atomic E-state index is 2.27. The molecule has 2 rings (SSSR count). The van der Waals surface area contributed by atoms with E-state index in [0.29, 0.717) is 21.0 Å². The molecule has 2 aromatic rings. The quantitative estimate of drug-likeness (QED) is 0.608. The molecule has 0 bridgehead atoms. The summed E-state index contributed by atoms with van der Waals surface area (Å²) in [6.07, 6.45) is 0. The third-order valence-corrected chi connectivity index (χ3v) is 4.51. The summed E-state index contributed by atoms with van der Waals surface area (Å²) in [7, 11) is 4.26. The van der Waals surface area contributed by atoms with Gasteiger partial charge >= 0.3 is 98.0 Å². The molecule has 0 aliphatic carbocycles. The molecule has 2 aromatic carbocycles. The monoisotopic (exact) mass is 351 g/mol. The van der Waals surface area contributed by atoms with Gasteiger partial charge in [-0.25, -0.2) is 12.1 Å². The Morgan fingerprint density at radius 2 is 1.83 bits per heavy atom. The van der Waals surface area contributed by atoms with E-state index in [1.807, 2.05) is 30.3 Å². The maximum atomic E-state index is 2.27.